The van der Waals surface area contributed by atoms with Gasteiger partial charge in [0.1, 0.15) is 16.4 Å². The second-order valence-corrected chi connectivity index (χ2v) is 5.69. The van der Waals surface area contributed by atoms with Crippen LogP contribution in [0.25, 0.3) is 11.2 Å². The van der Waals surface area contributed by atoms with Crippen LogP contribution in [0.1, 0.15) is 25.6 Å². The summed E-state index contributed by atoms with van der Waals surface area (Å²) in [6.07, 6.45) is 3.30. The van der Waals surface area contributed by atoms with Crippen LogP contribution in [0.15, 0.2) is 34.7 Å². The molecule has 20 heavy (non-hydrogen) atoms. The molecule has 3 aromatic heterocycles. The van der Waals surface area contributed by atoms with Crippen molar-refractivity contribution in [2.75, 3.05) is 0 Å². The lowest BCUT2D eigenvalue weighted by Crippen LogP contribution is -2.00. The Hall–Kier alpha value is -2.02. The normalized spacial score (nSPS) is 11.4. The quantitative estimate of drug-likeness (QED) is 0.736. The van der Waals surface area contributed by atoms with Crippen molar-refractivity contribution in [2.45, 2.75) is 29.9 Å². The van der Waals surface area contributed by atoms with Crippen LogP contribution in [0.4, 0.5) is 0 Å². The van der Waals surface area contributed by atoms with Crippen LogP contribution in [0.2, 0.25) is 0 Å². The maximum atomic E-state index is 4.47. The monoisotopic (exact) mass is 286 g/mol. The summed E-state index contributed by atoms with van der Waals surface area (Å²) in [5.41, 5.74) is 1.43. The number of nitrogens with zero attached hydrogens (tertiary/aromatic N) is 6. The molecule has 0 spiro atoms. The average Bonchev–Trinajstić information content (AvgIpc) is 2.80. The summed E-state index contributed by atoms with van der Waals surface area (Å²) >= 11 is 1.48. The van der Waals surface area contributed by atoms with E-state index in [-0.39, 0.29) is 0 Å². The highest BCUT2D eigenvalue weighted by Crippen LogP contribution is 2.26. The molecular formula is C13H14N6S. The molecule has 0 aliphatic heterocycles. The van der Waals surface area contributed by atoms with Crippen LogP contribution in [0.3, 0.4) is 0 Å². The third-order valence-corrected chi connectivity index (χ3v) is 3.86. The van der Waals surface area contributed by atoms with Crippen molar-refractivity contribution in [3.8, 4) is 0 Å². The van der Waals surface area contributed by atoms with E-state index >= 15 is 0 Å². The number of hydrogen-bond donors (Lipinski definition) is 0. The molecule has 3 heterocycles. The number of rotatable bonds is 3. The number of aromatic nitrogens is 6. The summed E-state index contributed by atoms with van der Waals surface area (Å²) in [6, 6.07) is 3.84. The molecule has 0 amide bonds. The van der Waals surface area contributed by atoms with Crippen LogP contribution in [-0.4, -0.2) is 29.7 Å². The summed E-state index contributed by atoms with van der Waals surface area (Å²) in [6.45, 7) is 4.20. The van der Waals surface area contributed by atoms with Gasteiger partial charge in [-0.2, -0.15) is 0 Å². The van der Waals surface area contributed by atoms with E-state index in [2.05, 4.69) is 39.0 Å². The van der Waals surface area contributed by atoms with Crippen molar-refractivity contribution < 1.29 is 0 Å². The van der Waals surface area contributed by atoms with E-state index in [1.54, 1.807) is 12.4 Å². The molecule has 7 heteroatoms. The van der Waals surface area contributed by atoms with Gasteiger partial charge in [-0.1, -0.05) is 13.8 Å². The topological polar surface area (TPSA) is 69.4 Å². The Labute approximate surface area is 120 Å². The zero-order chi connectivity index (χ0) is 14.1. The summed E-state index contributed by atoms with van der Waals surface area (Å²) in [5.74, 6) is 1.31. The van der Waals surface area contributed by atoms with Crippen LogP contribution in [0, 0.1) is 0 Å². The van der Waals surface area contributed by atoms with Crippen molar-refractivity contribution in [1.29, 1.82) is 0 Å². The van der Waals surface area contributed by atoms with Gasteiger partial charge in [0, 0.05) is 25.4 Å². The van der Waals surface area contributed by atoms with Crippen LogP contribution in [-0.2, 0) is 7.05 Å². The Bertz CT molecular complexity index is 751. The van der Waals surface area contributed by atoms with Crippen molar-refractivity contribution in [3.63, 3.8) is 0 Å². The molecule has 0 aliphatic rings. The fourth-order valence-corrected chi connectivity index (χ4v) is 2.67. The van der Waals surface area contributed by atoms with Gasteiger partial charge in [0.05, 0.1) is 0 Å². The molecule has 3 aromatic rings. The van der Waals surface area contributed by atoms with Gasteiger partial charge in [-0.05, 0) is 23.9 Å². The second-order valence-electron chi connectivity index (χ2n) is 4.71. The van der Waals surface area contributed by atoms with Gasteiger partial charge in [0.2, 0.25) is 0 Å². The van der Waals surface area contributed by atoms with Crippen molar-refractivity contribution in [1.82, 2.24) is 29.7 Å². The summed E-state index contributed by atoms with van der Waals surface area (Å²) in [5, 5.41) is 10.1. The molecule has 6 nitrogen and oxygen atoms in total. The maximum Gasteiger partial charge on any atom is 0.197 e. The highest BCUT2D eigenvalue weighted by Gasteiger charge is 2.13. The second kappa shape index (κ2) is 5.16. The van der Waals surface area contributed by atoms with Crippen LogP contribution in [0.5, 0.6) is 0 Å². The summed E-state index contributed by atoms with van der Waals surface area (Å²) in [4.78, 5) is 12.9. The molecule has 0 unspecified atom stereocenters. The first-order valence-electron chi connectivity index (χ1n) is 6.30. The lowest BCUT2D eigenvalue weighted by molar-refractivity contribution is 0.679. The predicted molar refractivity (Wildman–Crippen MR) is 76.5 cm³/mol. The molecule has 0 bridgehead atoms. The van der Waals surface area contributed by atoms with E-state index in [1.165, 1.54) is 11.8 Å². The first-order valence-corrected chi connectivity index (χ1v) is 7.11. The number of fused-ring (bicyclic) bond motifs is 1. The van der Waals surface area contributed by atoms with E-state index in [4.69, 9.17) is 0 Å². The van der Waals surface area contributed by atoms with Crippen LogP contribution >= 0.6 is 11.8 Å². The molecule has 3 rings (SSSR count). The minimum atomic E-state index is 0.345. The van der Waals surface area contributed by atoms with Gasteiger partial charge in [0.25, 0.3) is 0 Å². The van der Waals surface area contributed by atoms with Crippen molar-refractivity contribution in [2.24, 2.45) is 7.05 Å². The molecular weight excluding hydrogens is 272 g/mol. The van der Waals surface area contributed by atoms with Gasteiger partial charge >= 0.3 is 0 Å². The van der Waals surface area contributed by atoms with Gasteiger partial charge in [0.15, 0.2) is 10.8 Å². The molecule has 0 radical (unpaired) electrons. The van der Waals surface area contributed by atoms with Crippen molar-refractivity contribution in [3.05, 3.63) is 30.4 Å². The molecule has 102 valence electrons. The number of hydrogen-bond acceptors (Lipinski definition) is 6. The fourth-order valence-electron chi connectivity index (χ4n) is 1.91. The molecule has 0 N–H and O–H groups in total. The fraction of sp³-hybridized carbons (Fsp3) is 0.308. The highest BCUT2D eigenvalue weighted by atomic mass is 32.2. The Morgan fingerprint density at radius 3 is 2.65 bits per heavy atom. The lowest BCUT2D eigenvalue weighted by atomic mass is 10.2. The molecule has 0 saturated heterocycles. The van der Waals surface area contributed by atoms with Crippen LogP contribution < -0.4 is 0 Å². The summed E-state index contributed by atoms with van der Waals surface area (Å²) < 4.78 is 2.00. The number of pyridine rings is 1. The van der Waals surface area contributed by atoms with Gasteiger partial charge < -0.3 is 4.57 Å². The minimum Gasteiger partial charge on any atom is -0.309 e. The lowest BCUT2D eigenvalue weighted by Gasteiger charge is -2.05. The third kappa shape index (κ3) is 2.36. The third-order valence-electron chi connectivity index (χ3n) is 2.89. The van der Waals surface area contributed by atoms with E-state index < -0.39 is 0 Å². The summed E-state index contributed by atoms with van der Waals surface area (Å²) in [7, 11) is 1.97. The SMILES string of the molecule is CC(C)c1nnc(Sc2ccc3nccnc3n2)n1C. The van der Waals surface area contributed by atoms with Crippen molar-refractivity contribution >= 4 is 22.9 Å². The van der Waals surface area contributed by atoms with E-state index in [0.717, 1.165) is 21.5 Å². The zero-order valence-corrected chi connectivity index (χ0v) is 12.3. The first-order chi connectivity index (χ1) is 9.65. The Kier molecular flexibility index (Phi) is 3.35. The van der Waals surface area contributed by atoms with Gasteiger partial charge in [-0.25, -0.2) is 9.97 Å². The minimum absolute atomic E-state index is 0.345. The highest BCUT2D eigenvalue weighted by molar-refractivity contribution is 7.99. The average molecular weight is 286 g/mol. The predicted octanol–water partition coefficient (Wildman–Crippen LogP) is 2.43. The maximum absolute atomic E-state index is 4.47. The Morgan fingerprint density at radius 1 is 1.10 bits per heavy atom. The Morgan fingerprint density at radius 2 is 1.90 bits per heavy atom. The molecule has 0 atom stereocenters. The van der Waals surface area contributed by atoms with E-state index in [0.29, 0.717) is 11.6 Å². The van der Waals surface area contributed by atoms with Gasteiger partial charge in [-0.3, -0.25) is 4.98 Å². The molecule has 0 aromatic carbocycles. The smallest absolute Gasteiger partial charge is 0.197 e. The van der Waals surface area contributed by atoms with E-state index in [9.17, 15) is 0 Å². The molecule has 0 aliphatic carbocycles. The first kappa shape index (κ1) is 13.0. The standard InChI is InChI=1S/C13H14N6S/c1-8(2)12-17-18-13(19(12)3)20-10-5-4-9-11(16-10)15-7-6-14-9/h4-8H,1-3H3. The zero-order valence-electron chi connectivity index (χ0n) is 11.5. The van der Waals surface area contributed by atoms with Gasteiger partial charge in [-0.15, -0.1) is 10.2 Å². The molecule has 0 fully saturated rings. The molecule has 0 saturated carbocycles. The van der Waals surface area contributed by atoms with E-state index in [1.807, 2.05) is 23.7 Å². The largest absolute Gasteiger partial charge is 0.309 e. The Balaban J connectivity index is 1.93.